The molecule has 3 heteroatoms. The topological polar surface area (TPSA) is 43.4 Å². The van der Waals surface area contributed by atoms with Crippen LogP contribution in [0.15, 0.2) is 23.0 Å². The Kier molecular flexibility index (Phi) is 2.89. The van der Waals surface area contributed by atoms with Gasteiger partial charge in [0.2, 0.25) is 5.78 Å². The van der Waals surface area contributed by atoms with E-state index in [4.69, 9.17) is 4.74 Å². The SMILES string of the molecule is COC1=C(C)C(=O)C=C(C(C)C)C1=O. The van der Waals surface area contributed by atoms with Gasteiger partial charge in [-0.1, -0.05) is 13.8 Å². The predicted molar refractivity (Wildman–Crippen MR) is 52.6 cm³/mol. The zero-order valence-corrected chi connectivity index (χ0v) is 8.88. The van der Waals surface area contributed by atoms with Crippen molar-refractivity contribution in [2.75, 3.05) is 7.11 Å². The van der Waals surface area contributed by atoms with Gasteiger partial charge < -0.3 is 4.74 Å². The molecule has 0 bridgehead atoms. The van der Waals surface area contributed by atoms with E-state index in [0.717, 1.165) is 0 Å². The van der Waals surface area contributed by atoms with Crippen LogP contribution < -0.4 is 0 Å². The molecule has 0 radical (unpaired) electrons. The molecule has 0 unspecified atom stereocenters. The van der Waals surface area contributed by atoms with E-state index in [-0.39, 0.29) is 23.2 Å². The summed E-state index contributed by atoms with van der Waals surface area (Å²) in [5.74, 6) is -0.0735. The molecule has 1 aliphatic carbocycles. The first-order valence-electron chi connectivity index (χ1n) is 4.54. The average molecular weight is 194 g/mol. The zero-order chi connectivity index (χ0) is 10.9. The molecule has 1 aliphatic rings. The van der Waals surface area contributed by atoms with Crippen molar-refractivity contribution < 1.29 is 14.3 Å². The van der Waals surface area contributed by atoms with E-state index in [9.17, 15) is 9.59 Å². The third kappa shape index (κ3) is 1.62. The lowest BCUT2D eigenvalue weighted by molar-refractivity contribution is -0.118. The molecular formula is C11H14O3. The smallest absolute Gasteiger partial charge is 0.224 e. The van der Waals surface area contributed by atoms with Crippen molar-refractivity contribution in [2.45, 2.75) is 20.8 Å². The fraction of sp³-hybridized carbons (Fsp3) is 0.455. The summed E-state index contributed by atoms with van der Waals surface area (Å²) in [6, 6.07) is 0. The van der Waals surface area contributed by atoms with Gasteiger partial charge in [0.1, 0.15) is 0 Å². The first-order valence-corrected chi connectivity index (χ1v) is 4.54. The van der Waals surface area contributed by atoms with Gasteiger partial charge in [-0.05, 0) is 18.9 Å². The number of allylic oxidation sites excluding steroid dienone is 3. The highest BCUT2D eigenvalue weighted by molar-refractivity contribution is 6.21. The van der Waals surface area contributed by atoms with E-state index in [2.05, 4.69) is 0 Å². The Morgan fingerprint density at radius 2 is 1.86 bits per heavy atom. The Bertz CT molecular complexity index is 346. The molecule has 0 aliphatic heterocycles. The molecule has 0 aromatic carbocycles. The number of methoxy groups -OCH3 is 1. The number of rotatable bonds is 2. The van der Waals surface area contributed by atoms with E-state index in [1.807, 2.05) is 13.8 Å². The molecule has 14 heavy (non-hydrogen) atoms. The number of carbonyl (C=O) groups is 2. The Morgan fingerprint density at radius 1 is 1.29 bits per heavy atom. The lowest BCUT2D eigenvalue weighted by Gasteiger charge is -2.17. The summed E-state index contributed by atoms with van der Waals surface area (Å²) in [5, 5.41) is 0. The van der Waals surface area contributed by atoms with E-state index in [0.29, 0.717) is 11.1 Å². The van der Waals surface area contributed by atoms with Gasteiger partial charge in [-0.2, -0.15) is 0 Å². The first-order chi connectivity index (χ1) is 6.49. The van der Waals surface area contributed by atoms with Crippen molar-refractivity contribution >= 4 is 11.6 Å². The summed E-state index contributed by atoms with van der Waals surface area (Å²) < 4.78 is 4.93. The van der Waals surface area contributed by atoms with Gasteiger partial charge in [0, 0.05) is 11.1 Å². The molecule has 0 heterocycles. The Labute approximate surface area is 83.4 Å². The maximum absolute atomic E-state index is 11.8. The molecule has 0 saturated heterocycles. The summed E-state index contributed by atoms with van der Waals surface area (Å²) >= 11 is 0. The molecular weight excluding hydrogens is 180 g/mol. The molecule has 0 saturated carbocycles. The third-order valence-electron chi connectivity index (χ3n) is 2.29. The molecule has 0 aromatic heterocycles. The van der Waals surface area contributed by atoms with Gasteiger partial charge in [-0.15, -0.1) is 0 Å². The molecule has 0 spiro atoms. The van der Waals surface area contributed by atoms with Crippen LogP contribution in [0.25, 0.3) is 0 Å². The zero-order valence-electron chi connectivity index (χ0n) is 8.88. The van der Waals surface area contributed by atoms with Crippen LogP contribution in [-0.4, -0.2) is 18.7 Å². The fourth-order valence-corrected chi connectivity index (χ4v) is 1.40. The minimum absolute atomic E-state index is 0.0460. The predicted octanol–water partition coefficient (Wildman–Crippen LogP) is 1.64. The summed E-state index contributed by atoms with van der Waals surface area (Å²) in [6.45, 7) is 5.36. The van der Waals surface area contributed by atoms with E-state index in [1.165, 1.54) is 13.2 Å². The molecule has 0 fully saturated rings. The fourth-order valence-electron chi connectivity index (χ4n) is 1.40. The maximum atomic E-state index is 11.8. The number of ketones is 2. The Balaban J connectivity index is 3.17. The molecule has 1 rings (SSSR count). The summed E-state index contributed by atoms with van der Waals surface area (Å²) in [6.07, 6.45) is 1.41. The molecule has 3 nitrogen and oxygen atoms in total. The first kappa shape index (κ1) is 10.7. The third-order valence-corrected chi connectivity index (χ3v) is 2.29. The van der Waals surface area contributed by atoms with Crippen molar-refractivity contribution in [2.24, 2.45) is 5.92 Å². The highest BCUT2D eigenvalue weighted by Gasteiger charge is 2.28. The molecule has 76 valence electrons. The van der Waals surface area contributed by atoms with Crippen molar-refractivity contribution in [3.63, 3.8) is 0 Å². The van der Waals surface area contributed by atoms with E-state index < -0.39 is 0 Å². The van der Waals surface area contributed by atoms with Crippen LogP contribution in [0.1, 0.15) is 20.8 Å². The molecule has 0 amide bonds. The van der Waals surface area contributed by atoms with Crippen LogP contribution in [0.3, 0.4) is 0 Å². The van der Waals surface area contributed by atoms with Crippen molar-refractivity contribution in [1.82, 2.24) is 0 Å². The summed E-state index contributed by atoms with van der Waals surface area (Å²) in [7, 11) is 1.41. The van der Waals surface area contributed by atoms with Gasteiger partial charge in [-0.25, -0.2) is 0 Å². The van der Waals surface area contributed by atoms with E-state index >= 15 is 0 Å². The standard InChI is InChI=1S/C11H14O3/c1-6(2)8-5-9(12)7(3)11(14-4)10(8)13/h5-6H,1-4H3. The average Bonchev–Trinajstić information content (AvgIpc) is 2.12. The largest absolute Gasteiger partial charge is 0.492 e. The quantitative estimate of drug-likeness (QED) is 0.628. The summed E-state index contributed by atoms with van der Waals surface area (Å²) in [5.41, 5.74) is 0.916. The minimum Gasteiger partial charge on any atom is -0.492 e. The van der Waals surface area contributed by atoms with Crippen LogP contribution in [-0.2, 0) is 14.3 Å². The lowest BCUT2D eigenvalue weighted by Crippen LogP contribution is -2.21. The molecule has 0 aromatic rings. The highest BCUT2D eigenvalue weighted by atomic mass is 16.5. The van der Waals surface area contributed by atoms with Crippen LogP contribution in [0, 0.1) is 5.92 Å². The highest BCUT2D eigenvalue weighted by Crippen LogP contribution is 2.24. The number of carbonyl (C=O) groups excluding carboxylic acids is 2. The number of ether oxygens (including phenoxy) is 1. The normalized spacial score (nSPS) is 17.6. The van der Waals surface area contributed by atoms with Crippen LogP contribution in [0.4, 0.5) is 0 Å². The second-order valence-corrected chi connectivity index (χ2v) is 3.61. The van der Waals surface area contributed by atoms with Crippen LogP contribution >= 0.6 is 0 Å². The Morgan fingerprint density at radius 3 is 2.29 bits per heavy atom. The van der Waals surface area contributed by atoms with Gasteiger partial charge in [0.25, 0.3) is 0 Å². The number of hydrogen-bond acceptors (Lipinski definition) is 3. The van der Waals surface area contributed by atoms with Gasteiger partial charge in [-0.3, -0.25) is 9.59 Å². The van der Waals surface area contributed by atoms with Crippen molar-refractivity contribution in [1.29, 1.82) is 0 Å². The van der Waals surface area contributed by atoms with Gasteiger partial charge in [0.15, 0.2) is 11.5 Å². The van der Waals surface area contributed by atoms with E-state index in [1.54, 1.807) is 6.92 Å². The van der Waals surface area contributed by atoms with Gasteiger partial charge >= 0.3 is 0 Å². The second kappa shape index (κ2) is 3.78. The monoisotopic (exact) mass is 194 g/mol. The Hall–Kier alpha value is -1.38. The molecule has 0 N–H and O–H groups in total. The van der Waals surface area contributed by atoms with Crippen LogP contribution in [0.2, 0.25) is 0 Å². The maximum Gasteiger partial charge on any atom is 0.224 e. The minimum atomic E-state index is -0.167. The second-order valence-electron chi connectivity index (χ2n) is 3.61. The van der Waals surface area contributed by atoms with Crippen molar-refractivity contribution in [3.05, 3.63) is 23.0 Å². The number of Topliss-reactive ketones (excluding diaryl/α,β-unsaturated/α-hetero) is 1. The van der Waals surface area contributed by atoms with Crippen LogP contribution in [0.5, 0.6) is 0 Å². The summed E-state index contributed by atoms with van der Waals surface area (Å²) in [4.78, 5) is 23.2. The lowest BCUT2D eigenvalue weighted by atomic mass is 9.89. The van der Waals surface area contributed by atoms with Crippen molar-refractivity contribution in [3.8, 4) is 0 Å². The number of hydrogen-bond donors (Lipinski definition) is 0. The molecule has 0 atom stereocenters. The van der Waals surface area contributed by atoms with Gasteiger partial charge in [0.05, 0.1) is 7.11 Å².